The average Bonchev–Trinajstić information content (AvgIpc) is 2.45. The zero-order chi connectivity index (χ0) is 14.3. The Morgan fingerprint density at radius 1 is 1.25 bits per heavy atom. The molecule has 1 aromatic carbocycles. The lowest BCUT2D eigenvalue weighted by atomic mass is 9.88. The fraction of sp³-hybridized carbons (Fsp3) is 0.533. The van der Waals surface area contributed by atoms with E-state index in [1.165, 1.54) is 5.56 Å². The lowest BCUT2D eigenvalue weighted by Gasteiger charge is -2.42. The van der Waals surface area contributed by atoms with Crippen molar-refractivity contribution in [3.8, 4) is 11.5 Å². The van der Waals surface area contributed by atoms with Gasteiger partial charge in [0.15, 0.2) is 11.5 Å². The molecule has 5 nitrogen and oxygen atoms in total. The molecule has 5 heteroatoms. The van der Waals surface area contributed by atoms with Crippen molar-refractivity contribution in [2.45, 2.75) is 31.9 Å². The molecule has 0 N–H and O–H groups in total. The highest BCUT2D eigenvalue weighted by Gasteiger charge is 2.38. The number of carbonyl (C=O) groups excluding carboxylic acids is 1. The third-order valence-electron chi connectivity index (χ3n) is 4.09. The Morgan fingerprint density at radius 2 is 1.95 bits per heavy atom. The number of fused-ring (bicyclic) bond motifs is 3. The van der Waals surface area contributed by atoms with E-state index in [1.54, 1.807) is 14.2 Å². The van der Waals surface area contributed by atoms with Gasteiger partial charge >= 0.3 is 6.09 Å². The Morgan fingerprint density at radius 3 is 2.65 bits per heavy atom. The number of nitrogens with zero attached hydrogens (tertiary/aromatic N) is 1. The van der Waals surface area contributed by atoms with Crippen molar-refractivity contribution >= 4 is 6.09 Å². The van der Waals surface area contributed by atoms with Gasteiger partial charge in [-0.1, -0.05) is 0 Å². The maximum atomic E-state index is 12.0. The van der Waals surface area contributed by atoms with Crippen LogP contribution in [0, 0.1) is 0 Å². The first-order valence-electron chi connectivity index (χ1n) is 6.86. The van der Waals surface area contributed by atoms with Gasteiger partial charge in [0.2, 0.25) is 0 Å². The van der Waals surface area contributed by atoms with Crippen LogP contribution in [0.3, 0.4) is 0 Å². The van der Waals surface area contributed by atoms with Crippen LogP contribution in [0.4, 0.5) is 4.79 Å². The monoisotopic (exact) mass is 277 g/mol. The summed E-state index contributed by atoms with van der Waals surface area (Å²) in [6.45, 7) is 2.63. The number of amides is 1. The van der Waals surface area contributed by atoms with Crippen LogP contribution in [-0.2, 0) is 11.2 Å². The van der Waals surface area contributed by atoms with Crippen molar-refractivity contribution in [2.75, 3.05) is 20.8 Å². The minimum atomic E-state index is -0.214. The molecule has 2 aliphatic rings. The van der Waals surface area contributed by atoms with Gasteiger partial charge in [-0.25, -0.2) is 4.79 Å². The van der Waals surface area contributed by atoms with Gasteiger partial charge in [0.25, 0.3) is 0 Å². The zero-order valence-corrected chi connectivity index (χ0v) is 12.0. The molecule has 1 saturated heterocycles. The summed E-state index contributed by atoms with van der Waals surface area (Å²) in [5.74, 6) is 1.45. The lowest BCUT2D eigenvalue weighted by molar-refractivity contribution is 0.00220. The zero-order valence-electron chi connectivity index (χ0n) is 12.0. The van der Waals surface area contributed by atoms with Crippen LogP contribution >= 0.6 is 0 Å². The van der Waals surface area contributed by atoms with Crippen molar-refractivity contribution in [3.63, 3.8) is 0 Å². The third-order valence-corrected chi connectivity index (χ3v) is 4.09. The second-order valence-electron chi connectivity index (χ2n) is 5.30. The number of carbonyl (C=O) groups is 1. The van der Waals surface area contributed by atoms with Crippen LogP contribution in [0.1, 0.15) is 30.5 Å². The van der Waals surface area contributed by atoms with E-state index in [0.29, 0.717) is 12.3 Å². The van der Waals surface area contributed by atoms with Crippen LogP contribution < -0.4 is 9.47 Å². The molecule has 2 heterocycles. The molecule has 2 aliphatic heterocycles. The molecule has 0 radical (unpaired) electrons. The van der Waals surface area contributed by atoms with Crippen molar-refractivity contribution in [2.24, 2.45) is 0 Å². The predicted molar refractivity (Wildman–Crippen MR) is 73.3 cm³/mol. The molecule has 108 valence electrons. The molecule has 3 rings (SSSR count). The van der Waals surface area contributed by atoms with Crippen LogP contribution in [0.2, 0.25) is 0 Å². The molecule has 0 spiro atoms. The molecule has 1 amide bonds. The van der Waals surface area contributed by atoms with Crippen LogP contribution in [-0.4, -0.2) is 37.9 Å². The number of hydrogen-bond donors (Lipinski definition) is 0. The summed E-state index contributed by atoms with van der Waals surface area (Å²) in [4.78, 5) is 13.8. The largest absolute Gasteiger partial charge is 0.493 e. The van der Waals surface area contributed by atoms with E-state index in [2.05, 4.69) is 0 Å². The lowest BCUT2D eigenvalue weighted by Crippen LogP contribution is -2.46. The molecule has 0 saturated carbocycles. The van der Waals surface area contributed by atoms with Gasteiger partial charge in [0.05, 0.1) is 20.3 Å². The number of benzene rings is 1. The van der Waals surface area contributed by atoms with Crippen LogP contribution in [0.5, 0.6) is 11.5 Å². The molecule has 0 unspecified atom stereocenters. The molecule has 20 heavy (non-hydrogen) atoms. The maximum Gasteiger partial charge on any atom is 0.410 e. The first-order chi connectivity index (χ1) is 9.63. The Kier molecular flexibility index (Phi) is 3.20. The van der Waals surface area contributed by atoms with Crippen molar-refractivity contribution in [1.82, 2.24) is 4.90 Å². The first kappa shape index (κ1) is 13.1. The SMILES string of the molecule is COc1cc2c(cc1OC)[C@H]1C[C@H](C)OC(=O)N1CC2. The summed E-state index contributed by atoms with van der Waals surface area (Å²) in [5.41, 5.74) is 2.38. The van der Waals surface area contributed by atoms with E-state index < -0.39 is 0 Å². The summed E-state index contributed by atoms with van der Waals surface area (Å²) in [7, 11) is 3.27. The van der Waals surface area contributed by atoms with Gasteiger partial charge in [-0.15, -0.1) is 0 Å². The highest BCUT2D eigenvalue weighted by Crippen LogP contribution is 2.41. The topological polar surface area (TPSA) is 48.0 Å². The van der Waals surface area contributed by atoms with Gasteiger partial charge in [-0.05, 0) is 36.6 Å². The van der Waals surface area contributed by atoms with E-state index in [1.807, 2.05) is 24.0 Å². The van der Waals surface area contributed by atoms with Crippen LogP contribution in [0.25, 0.3) is 0 Å². The Balaban J connectivity index is 2.04. The molecule has 2 atom stereocenters. The summed E-state index contributed by atoms with van der Waals surface area (Å²) < 4.78 is 16.0. The summed E-state index contributed by atoms with van der Waals surface area (Å²) in [6.07, 6.45) is 1.36. The summed E-state index contributed by atoms with van der Waals surface area (Å²) in [5, 5.41) is 0. The third kappa shape index (κ3) is 1.97. The fourth-order valence-corrected chi connectivity index (χ4v) is 3.10. The van der Waals surface area contributed by atoms with Crippen LogP contribution in [0.15, 0.2) is 12.1 Å². The van der Waals surface area contributed by atoms with E-state index in [-0.39, 0.29) is 18.2 Å². The molecule has 0 bridgehead atoms. The van der Waals surface area contributed by atoms with Crippen molar-refractivity contribution < 1.29 is 19.0 Å². The minimum absolute atomic E-state index is 0.0530. The van der Waals surface area contributed by atoms with E-state index in [4.69, 9.17) is 14.2 Å². The Bertz CT molecular complexity index is 543. The highest BCUT2D eigenvalue weighted by molar-refractivity contribution is 5.70. The maximum absolute atomic E-state index is 12.0. The van der Waals surface area contributed by atoms with E-state index in [9.17, 15) is 4.79 Å². The number of cyclic esters (lactones) is 1. The predicted octanol–water partition coefficient (Wildman–Crippen LogP) is 2.53. The van der Waals surface area contributed by atoms with Gasteiger partial charge in [0.1, 0.15) is 6.10 Å². The van der Waals surface area contributed by atoms with E-state index >= 15 is 0 Å². The second-order valence-corrected chi connectivity index (χ2v) is 5.30. The van der Waals surface area contributed by atoms with Gasteiger partial charge < -0.3 is 19.1 Å². The Labute approximate surface area is 118 Å². The number of ether oxygens (including phenoxy) is 3. The average molecular weight is 277 g/mol. The standard InChI is InChI=1S/C15H19NO4/c1-9-6-12-11-8-14(19-3)13(18-2)7-10(11)4-5-16(12)15(17)20-9/h7-9,12H,4-6H2,1-3H3/t9-,12+/m0/s1. The second kappa shape index (κ2) is 4.89. The summed E-state index contributed by atoms with van der Waals surface area (Å²) in [6, 6.07) is 4.10. The number of methoxy groups -OCH3 is 2. The fourth-order valence-electron chi connectivity index (χ4n) is 3.10. The molecule has 1 aromatic rings. The molecule has 1 fully saturated rings. The molecule has 0 aromatic heterocycles. The van der Waals surface area contributed by atoms with Gasteiger partial charge in [0, 0.05) is 13.0 Å². The minimum Gasteiger partial charge on any atom is -0.493 e. The number of hydrogen-bond acceptors (Lipinski definition) is 4. The highest BCUT2D eigenvalue weighted by atomic mass is 16.6. The number of rotatable bonds is 2. The summed E-state index contributed by atoms with van der Waals surface area (Å²) >= 11 is 0. The van der Waals surface area contributed by atoms with Gasteiger partial charge in [-0.2, -0.15) is 0 Å². The quantitative estimate of drug-likeness (QED) is 0.833. The van der Waals surface area contributed by atoms with Gasteiger partial charge in [-0.3, -0.25) is 0 Å². The van der Waals surface area contributed by atoms with E-state index in [0.717, 1.165) is 24.2 Å². The van der Waals surface area contributed by atoms with Crippen molar-refractivity contribution in [1.29, 1.82) is 0 Å². The normalized spacial score (nSPS) is 24.6. The first-order valence-corrected chi connectivity index (χ1v) is 6.86. The smallest absolute Gasteiger partial charge is 0.410 e. The molecular formula is C15H19NO4. The molecular weight excluding hydrogens is 258 g/mol. The van der Waals surface area contributed by atoms with Crippen molar-refractivity contribution in [3.05, 3.63) is 23.3 Å². The molecule has 0 aliphatic carbocycles. The Hall–Kier alpha value is -1.91.